The normalized spacial score (nSPS) is 16.5. The Morgan fingerprint density at radius 2 is 1.75 bits per heavy atom. The first kappa shape index (κ1) is 12.3. The van der Waals surface area contributed by atoms with Crippen LogP contribution in [0.4, 0.5) is 0 Å². The number of thioether (sulfide) groups is 1. The van der Waals surface area contributed by atoms with Gasteiger partial charge in [0.2, 0.25) is 0 Å². The van der Waals surface area contributed by atoms with Gasteiger partial charge in [-0.3, -0.25) is 0 Å². The third-order valence-electron chi connectivity index (χ3n) is 1.63. The molecular formula is C9H20O2S. The van der Waals surface area contributed by atoms with Crippen LogP contribution in [0.1, 0.15) is 33.6 Å². The lowest BCUT2D eigenvalue weighted by atomic mass is 10.1. The van der Waals surface area contributed by atoms with Crippen LogP contribution < -0.4 is 0 Å². The molecule has 3 heteroatoms. The molecule has 2 unspecified atom stereocenters. The Kier molecular flexibility index (Phi) is 6.90. The predicted octanol–water partition coefficient (Wildman–Crippen LogP) is 1.65. The molecule has 0 saturated carbocycles. The van der Waals surface area contributed by atoms with Crippen molar-refractivity contribution in [3.63, 3.8) is 0 Å². The van der Waals surface area contributed by atoms with Gasteiger partial charge in [-0.05, 0) is 11.7 Å². The molecule has 0 radical (unpaired) electrons. The zero-order chi connectivity index (χ0) is 9.56. The summed E-state index contributed by atoms with van der Waals surface area (Å²) in [5.74, 6) is 0.638. The standard InChI is InChI=1S/C9H20O2S/c1-4-5-8(10)9(11)6-12-7(2)3/h7-11H,4-6H2,1-3H3. The van der Waals surface area contributed by atoms with E-state index in [-0.39, 0.29) is 0 Å². The van der Waals surface area contributed by atoms with Crippen LogP contribution >= 0.6 is 11.8 Å². The van der Waals surface area contributed by atoms with Crippen LogP contribution in [0.2, 0.25) is 0 Å². The molecule has 2 nitrogen and oxygen atoms in total. The van der Waals surface area contributed by atoms with E-state index in [1.165, 1.54) is 0 Å². The highest BCUT2D eigenvalue weighted by molar-refractivity contribution is 7.99. The monoisotopic (exact) mass is 192 g/mol. The summed E-state index contributed by atoms with van der Waals surface area (Å²) in [7, 11) is 0. The average Bonchev–Trinajstić information content (AvgIpc) is 2.00. The molecule has 0 rings (SSSR count). The van der Waals surface area contributed by atoms with Gasteiger partial charge in [0, 0.05) is 5.75 Å². The molecule has 0 fully saturated rings. The lowest BCUT2D eigenvalue weighted by Gasteiger charge is -2.17. The molecule has 2 atom stereocenters. The number of hydrogen-bond donors (Lipinski definition) is 2. The summed E-state index contributed by atoms with van der Waals surface area (Å²) >= 11 is 1.68. The van der Waals surface area contributed by atoms with Crippen LogP contribution in [0.25, 0.3) is 0 Å². The molecule has 0 aliphatic carbocycles. The SMILES string of the molecule is CCCC(O)C(O)CSC(C)C. The molecule has 0 aliphatic heterocycles. The summed E-state index contributed by atoms with van der Waals surface area (Å²) in [5, 5.41) is 19.3. The van der Waals surface area contributed by atoms with Crippen molar-refractivity contribution in [3.8, 4) is 0 Å². The average molecular weight is 192 g/mol. The molecule has 0 aromatic carbocycles. The molecule has 0 aromatic rings. The van der Waals surface area contributed by atoms with E-state index in [9.17, 15) is 10.2 Å². The van der Waals surface area contributed by atoms with E-state index in [4.69, 9.17) is 0 Å². The Morgan fingerprint density at radius 1 is 1.17 bits per heavy atom. The molecule has 0 aliphatic rings. The summed E-state index contributed by atoms with van der Waals surface area (Å²) in [6, 6.07) is 0. The van der Waals surface area contributed by atoms with Crippen molar-refractivity contribution < 1.29 is 10.2 Å². The van der Waals surface area contributed by atoms with Crippen LogP contribution in [0.5, 0.6) is 0 Å². The molecule has 0 heterocycles. The quantitative estimate of drug-likeness (QED) is 0.672. The smallest absolute Gasteiger partial charge is 0.0889 e. The molecule has 74 valence electrons. The van der Waals surface area contributed by atoms with Gasteiger partial charge >= 0.3 is 0 Å². The van der Waals surface area contributed by atoms with Crippen LogP contribution in [-0.2, 0) is 0 Å². The van der Waals surface area contributed by atoms with E-state index in [1.54, 1.807) is 11.8 Å². The highest BCUT2D eigenvalue weighted by Gasteiger charge is 2.15. The van der Waals surface area contributed by atoms with Crippen LogP contribution in [0.15, 0.2) is 0 Å². The topological polar surface area (TPSA) is 40.5 Å². The van der Waals surface area contributed by atoms with E-state index in [1.807, 2.05) is 6.92 Å². The lowest BCUT2D eigenvalue weighted by Crippen LogP contribution is -2.28. The van der Waals surface area contributed by atoms with Crippen LogP contribution in [0, 0.1) is 0 Å². The minimum Gasteiger partial charge on any atom is -0.390 e. The van der Waals surface area contributed by atoms with Crippen molar-refractivity contribution in [3.05, 3.63) is 0 Å². The molecule has 2 N–H and O–H groups in total. The summed E-state index contributed by atoms with van der Waals surface area (Å²) in [6.07, 6.45) is 0.517. The van der Waals surface area contributed by atoms with Crippen molar-refractivity contribution in [1.29, 1.82) is 0 Å². The maximum absolute atomic E-state index is 9.43. The zero-order valence-electron chi connectivity index (χ0n) is 8.16. The fraction of sp³-hybridized carbons (Fsp3) is 1.00. The Labute approximate surface area is 79.4 Å². The molecule has 0 spiro atoms. The summed E-state index contributed by atoms with van der Waals surface area (Å²) in [5.41, 5.74) is 0. The summed E-state index contributed by atoms with van der Waals surface area (Å²) in [6.45, 7) is 6.18. The predicted molar refractivity (Wildman–Crippen MR) is 54.5 cm³/mol. The van der Waals surface area contributed by atoms with Gasteiger partial charge < -0.3 is 10.2 Å². The van der Waals surface area contributed by atoms with Gasteiger partial charge in [-0.1, -0.05) is 27.2 Å². The van der Waals surface area contributed by atoms with Gasteiger partial charge in [-0.15, -0.1) is 0 Å². The summed E-state index contributed by atoms with van der Waals surface area (Å²) < 4.78 is 0. The van der Waals surface area contributed by atoms with Crippen molar-refractivity contribution >= 4 is 11.8 Å². The molecule has 0 amide bonds. The fourth-order valence-corrected chi connectivity index (χ4v) is 1.69. The molecule has 0 bridgehead atoms. The first-order valence-electron chi connectivity index (χ1n) is 4.55. The van der Waals surface area contributed by atoms with Crippen LogP contribution in [0.3, 0.4) is 0 Å². The van der Waals surface area contributed by atoms with Crippen molar-refractivity contribution in [2.45, 2.75) is 51.1 Å². The van der Waals surface area contributed by atoms with Crippen LogP contribution in [-0.4, -0.2) is 33.4 Å². The molecular weight excluding hydrogens is 172 g/mol. The second kappa shape index (κ2) is 6.75. The second-order valence-corrected chi connectivity index (χ2v) is 4.91. The number of hydrogen-bond acceptors (Lipinski definition) is 3. The van der Waals surface area contributed by atoms with Crippen molar-refractivity contribution in [2.24, 2.45) is 0 Å². The van der Waals surface area contributed by atoms with Gasteiger partial charge in [0.15, 0.2) is 0 Å². The lowest BCUT2D eigenvalue weighted by molar-refractivity contribution is 0.0287. The Morgan fingerprint density at radius 3 is 2.17 bits per heavy atom. The van der Waals surface area contributed by atoms with Gasteiger partial charge in [0.05, 0.1) is 12.2 Å². The van der Waals surface area contributed by atoms with Gasteiger partial charge in [-0.25, -0.2) is 0 Å². The van der Waals surface area contributed by atoms with Crippen molar-refractivity contribution in [1.82, 2.24) is 0 Å². The van der Waals surface area contributed by atoms with E-state index < -0.39 is 12.2 Å². The fourth-order valence-electron chi connectivity index (χ4n) is 0.890. The molecule has 12 heavy (non-hydrogen) atoms. The van der Waals surface area contributed by atoms with Crippen molar-refractivity contribution in [2.75, 3.05) is 5.75 Å². The minimum atomic E-state index is -0.558. The third kappa shape index (κ3) is 5.86. The van der Waals surface area contributed by atoms with Gasteiger partial charge in [0.25, 0.3) is 0 Å². The van der Waals surface area contributed by atoms with E-state index in [0.29, 0.717) is 17.4 Å². The Bertz CT molecular complexity index is 107. The van der Waals surface area contributed by atoms with E-state index in [0.717, 1.165) is 6.42 Å². The first-order valence-corrected chi connectivity index (χ1v) is 5.60. The van der Waals surface area contributed by atoms with E-state index in [2.05, 4.69) is 13.8 Å². The minimum absolute atomic E-state index is 0.522. The molecule has 0 saturated heterocycles. The second-order valence-electron chi connectivity index (χ2n) is 3.31. The van der Waals surface area contributed by atoms with E-state index >= 15 is 0 Å². The summed E-state index contributed by atoms with van der Waals surface area (Å²) in [4.78, 5) is 0. The number of aliphatic hydroxyl groups is 2. The zero-order valence-corrected chi connectivity index (χ0v) is 8.97. The highest BCUT2D eigenvalue weighted by Crippen LogP contribution is 2.13. The molecule has 0 aromatic heterocycles. The maximum atomic E-state index is 9.43. The Hall–Kier alpha value is 0.270. The number of rotatable bonds is 6. The first-order chi connectivity index (χ1) is 5.57. The third-order valence-corrected chi connectivity index (χ3v) is 2.83. The maximum Gasteiger partial charge on any atom is 0.0889 e. The largest absolute Gasteiger partial charge is 0.390 e. The number of aliphatic hydroxyl groups excluding tert-OH is 2. The van der Waals surface area contributed by atoms with Gasteiger partial charge in [-0.2, -0.15) is 11.8 Å². The Balaban J connectivity index is 3.49. The highest BCUT2D eigenvalue weighted by atomic mass is 32.2. The van der Waals surface area contributed by atoms with Gasteiger partial charge in [0.1, 0.15) is 0 Å².